The van der Waals surface area contributed by atoms with Gasteiger partial charge < -0.3 is 24.3 Å². The van der Waals surface area contributed by atoms with Gasteiger partial charge in [0.2, 0.25) is 0 Å². The molecule has 42 heavy (non-hydrogen) atoms. The molecule has 1 aliphatic heterocycles. The van der Waals surface area contributed by atoms with Crippen LogP contribution in [0.15, 0.2) is 101 Å². The molecule has 0 aromatic heterocycles. The summed E-state index contributed by atoms with van der Waals surface area (Å²) in [7, 11) is 1.59. The van der Waals surface area contributed by atoms with Crippen LogP contribution in [0, 0.1) is 0 Å². The molecule has 7 heteroatoms. The molecule has 5 rings (SSSR count). The van der Waals surface area contributed by atoms with Crippen molar-refractivity contribution in [3.05, 3.63) is 118 Å². The number of carbonyl (C=O) groups excluding carboxylic acids is 2. The quantitative estimate of drug-likeness (QED) is 0.218. The number of allylic oxidation sites excluding steroid dienone is 3. The van der Waals surface area contributed by atoms with Crippen LogP contribution in [0.3, 0.4) is 0 Å². The number of hydrogen-bond acceptors (Lipinski definition) is 7. The van der Waals surface area contributed by atoms with Crippen LogP contribution in [0.5, 0.6) is 11.5 Å². The topological polar surface area (TPSA) is 83.1 Å². The van der Waals surface area contributed by atoms with E-state index in [1.165, 1.54) is 0 Å². The van der Waals surface area contributed by atoms with Gasteiger partial charge in [-0.3, -0.25) is 4.79 Å². The monoisotopic (exact) mass is 567 g/mol. The molecule has 0 saturated heterocycles. The second-order valence-corrected chi connectivity index (χ2v) is 10.4. The summed E-state index contributed by atoms with van der Waals surface area (Å²) in [5.41, 5.74) is 5.45. The zero-order chi connectivity index (χ0) is 29.5. The van der Waals surface area contributed by atoms with Crippen LogP contribution in [0.1, 0.15) is 55.2 Å². The van der Waals surface area contributed by atoms with Crippen molar-refractivity contribution < 1.29 is 28.5 Å². The van der Waals surface area contributed by atoms with E-state index in [9.17, 15) is 9.59 Å². The lowest BCUT2D eigenvalue weighted by Crippen LogP contribution is -2.36. The minimum Gasteiger partial charge on any atom is -0.493 e. The molecule has 0 fully saturated rings. The maximum absolute atomic E-state index is 13.9. The molecule has 0 amide bonds. The third-order valence-electron chi connectivity index (χ3n) is 7.74. The fourth-order valence-electron chi connectivity index (χ4n) is 5.74. The number of nitrogens with one attached hydrogen (secondary N) is 1. The molecule has 2 atom stereocenters. The molecular formula is C35H37NO6. The van der Waals surface area contributed by atoms with Gasteiger partial charge in [-0.15, -0.1) is 0 Å². The lowest BCUT2D eigenvalue weighted by atomic mass is 9.71. The Morgan fingerprint density at radius 2 is 1.64 bits per heavy atom. The molecule has 1 aliphatic carbocycles. The SMILES string of the molecule is CCOCCOC(=O)C1=C(C)NC2=C(C(=O)C[C@H](c3ccccc3)C2)[C@H]1c1ccc(OCc2ccccc2)c(OC)c1. The van der Waals surface area contributed by atoms with Crippen LogP contribution in [0.4, 0.5) is 0 Å². The predicted octanol–water partition coefficient (Wildman–Crippen LogP) is 6.22. The van der Waals surface area contributed by atoms with Crippen LogP contribution in [-0.2, 0) is 25.7 Å². The number of hydrogen-bond donors (Lipinski definition) is 1. The number of ketones is 1. The Morgan fingerprint density at radius 3 is 2.36 bits per heavy atom. The second kappa shape index (κ2) is 13.5. The Balaban J connectivity index is 1.50. The minimum absolute atomic E-state index is 0.0121. The maximum Gasteiger partial charge on any atom is 0.336 e. The Hall–Kier alpha value is -4.36. The number of Topliss-reactive ketones (excluding diaryl/α,β-unsaturated/α-hetero) is 1. The maximum atomic E-state index is 13.9. The highest BCUT2D eigenvalue weighted by Crippen LogP contribution is 2.47. The van der Waals surface area contributed by atoms with E-state index in [1.54, 1.807) is 7.11 Å². The van der Waals surface area contributed by atoms with E-state index < -0.39 is 11.9 Å². The first-order valence-corrected chi connectivity index (χ1v) is 14.4. The molecule has 0 radical (unpaired) electrons. The molecular weight excluding hydrogens is 530 g/mol. The van der Waals surface area contributed by atoms with Crippen molar-refractivity contribution in [2.24, 2.45) is 0 Å². The number of ether oxygens (including phenoxy) is 4. The summed E-state index contributed by atoms with van der Waals surface area (Å²) in [6, 6.07) is 25.6. The molecule has 0 bridgehead atoms. The molecule has 7 nitrogen and oxygen atoms in total. The Labute approximate surface area is 247 Å². The Kier molecular flexibility index (Phi) is 9.39. The average Bonchev–Trinajstić information content (AvgIpc) is 3.02. The normalized spacial score (nSPS) is 18.3. The van der Waals surface area contributed by atoms with Crippen LogP contribution in [0.25, 0.3) is 0 Å². The molecule has 1 heterocycles. The van der Waals surface area contributed by atoms with Crippen molar-refractivity contribution in [1.82, 2.24) is 5.32 Å². The Morgan fingerprint density at radius 1 is 0.905 bits per heavy atom. The first-order chi connectivity index (χ1) is 20.5. The first-order valence-electron chi connectivity index (χ1n) is 14.4. The minimum atomic E-state index is -0.609. The predicted molar refractivity (Wildman–Crippen MR) is 160 cm³/mol. The van der Waals surface area contributed by atoms with Crippen molar-refractivity contribution in [2.75, 3.05) is 26.9 Å². The standard InChI is InChI=1S/C35H37NO6/c1-4-40-17-18-41-35(38)32-23(2)36-28-19-27(25-13-9-6-10-14-25)20-29(37)34(28)33(32)26-15-16-30(31(21-26)39-3)42-22-24-11-7-5-8-12-24/h5-16,21,27,33,36H,4,17-20,22H2,1-3H3/t27-,33+/m1/s1. The average molecular weight is 568 g/mol. The molecule has 3 aromatic rings. The summed E-state index contributed by atoms with van der Waals surface area (Å²) in [6.07, 6.45) is 1.03. The van der Waals surface area contributed by atoms with E-state index in [2.05, 4.69) is 17.4 Å². The fourth-order valence-corrected chi connectivity index (χ4v) is 5.74. The van der Waals surface area contributed by atoms with E-state index in [0.29, 0.717) is 61.0 Å². The lowest BCUT2D eigenvalue weighted by molar-refractivity contribution is -0.140. The third-order valence-corrected chi connectivity index (χ3v) is 7.74. The Bertz CT molecular complexity index is 1480. The number of rotatable bonds is 11. The van der Waals surface area contributed by atoms with Crippen molar-refractivity contribution >= 4 is 11.8 Å². The lowest BCUT2D eigenvalue weighted by Gasteiger charge is -2.36. The summed E-state index contributed by atoms with van der Waals surface area (Å²) < 4.78 is 22.8. The van der Waals surface area contributed by atoms with E-state index in [4.69, 9.17) is 18.9 Å². The van der Waals surface area contributed by atoms with E-state index in [0.717, 1.165) is 22.4 Å². The highest BCUT2D eigenvalue weighted by atomic mass is 16.6. The number of methoxy groups -OCH3 is 1. The smallest absolute Gasteiger partial charge is 0.336 e. The molecule has 0 unspecified atom stereocenters. The van der Waals surface area contributed by atoms with Crippen LogP contribution < -0.4 is 14.8 Å². The summed E-state index contributed by atoms with van der Waals surface area (Å²) in [4.78, 5) is 27.4. The van der Waals surface area contributed by atoms with Crippen molar-refractivity contribution in [2.45, 2.75) is 45.1 Å². The number of esters is 1. The van der Waals surface area contributed by atoms with Gasteiger partial charge in [0, 0.05) is 35.9 Å². The highest BCUT2D eigenvalue weighted by Gasteiger charge is 2.41. The second-order valence-electron chi connectivity index (χ2n) is 10.4. The highest BCUT2D eigenvalue weighted by molar-refractivity contribution is 6.04. The molecule has 1 N–H and O–H groups in total. The summed E-state index contributed by atoms with van der Waals surface area (Å²) in [5.74, 6) is 0.0874. The number of benzene rings is 3. The zero-order valence-corrected chi connectivity index (χ0v) is 24.4. The van der Waals surface area contributed by atoms with Gasteiger partial charge in [-0.05, 0) is 55.0 Å². The van der Waals surface area contributed by atoms with E-state index in [1.807, 2.05) is 80.6 Å². The van der Waals surface area contributed by atoms with Gasteiger partial charge >= 0.3 is 5.97 Å². The van der Waals surface area contributed by atoms with Gasteiger partial charge in [0.15, 0.2) is 17.3 Å². The summed E-state index contributed by atoms with van der Waals surface area (Å²) in [5, 5.41) is 3.41. The molecule has 2 aliphatic rings. The van der Waals surface area contributed by atoms with Crippen molar-refractivity contribution in [1.29, 1.82) is 0 Å². The van der Waals surface area contributed by atoms with Gasteiger partial charge in [0.25, 0.3) is 0 Å². The zero-order valence-electron chi connectivity index (χ0n) is 24.4. The molecule has 0 saturated carbocycles. The number of dihydropyridines is 1. The van der Waals surface area contributed by atoms with Crippen LogP contribution in [0.2, 0.25) is 0 Å². The fraction of sp³-hybridized carbons (Fsp3) is 0.314. The van der Waals surface area contributed by atoms with Gasteiger partial charge in [0.1, 0.15) is 13.2 Å². The molecule has 0 spiro atoms. The van der Waals surface area contributed by atoms with Crippen LogP contribution in [-0.4, -0.2) is 38.7 Å². The molecule has 3 aromatic carbocycles. The number of carbonyl (C=O) groups is 2. The van der Waals surface area contributed by atoms with E-state index >= 15 is 0 Å². The van der Waals surface area contributed by atoms with Gasteiger partial charge in [0.05, 0.1) is 19.3 Å². The molecule has 218 valence electrons. The van der Waals surface area contributed by atoms with Crippen molar-refractivity contribution in [3.63, 3.8) is 0 Å². The van der Waals surface area contributed by atoms with E-state index in [-0.39, 0.29) is 18.3 Å². The van der Waals surface area contributed by atoms with Gasteiger partial charge in [-0.1, -0.05) is 66.7 Å². The van der Waals surface area contributed by atoms with Gasteiger partial charge in [-0.2, -0.15) is 0 Å². The summed E-state index contributed by atoms with van der Waals surface area (Å²) in [6.45, 7) is 5.11. The van der Waals surface area contributed by atoms with Crippen molar-refractivity contribution in [3.8, 4) is 11.5 Å². The first kappa shape index (κ1) is 29.1. The van der Waals surface area contributed by atoms with Gasteiger partial charge in [-0.25, -0.2) is 4.79 Å². The third kappa shape index (κ3) is 6.42. The summed E-state index contributed by atoms with van der Waals surface area (Å²) >= 11 is 0. The van der Waals surface area contributed by atoms with Crippen LogP contribution >= 0.6 is 0 Å². The largest absolute Gasteiger partial charge is 0.493 e.